The molecule has 1 aromatic rings. The summed E-state index contributed by atoms with van der Waals surface area (Å²) in [5, 5.41) is 0. The summed E-state index contributed by atoms with van der Waals surface area (Å²) in [5.74, 6) is 0.507. The van der Waals surface area contributed by atoms with Gasteiger partial charge >= 0.3 is 0 Å². The van der Waals surface area contributed by atoms with E-state index in [-0.39, 0.29) is 6.10 Å². The number of hydrogen-bond donors (Lipinski definition) is 0. The lowest BCUT2D eigenvalue weighted by atomic mass is 10.3. The highest BCUT2D eigenvalue weighted by Crippen LogP contribution is 2.24. The zero-order valence-corrected chi connectivity index (χ0v) is 11.7. The Labute approximate surface area is 109 Å². The van der Waals surface area contributed by atoms with Gasteiger partial charge in [0.05, 0.1) is 17.3 Å². The maximum absolute atomic E-state index is 11.3. The number of pyridine rings is 1. The van der Waals surface area contributed by atoms with Crippen LogP contribution in [-0.2, 0) is 10.0 Å². The molecule has 7 heteroatoms. The Morgan fingerprint density at radius 3 is 2.94 bits per heavy atom. The molecule has 0 unspecified atom stereocenters. The third-order valence-electron chi connectivity index (χ3n) is 2.58. The van der Waals surface area contributed by atoms with Crippen LogP contribution in [0.2, 0.25) is 0 Å². The Hall–Kier alpha value is -0.660. The fourth-order valence-corrected chi connectivity index (χ4v) is 2.93. The summed E-state index contributed by atoms with van der Waals surface area (Å²) < 4.78 is 30.6. The molecule has 0 amide bonds. The van der Waals surface area contributed by atoms with E-state index in [4.69, 9.17) is 4.74 Å². The second-order valence-corrected chi connectivity index (χ2v) is 6.78. The van der Waals surface area contributed by atoms with Crippen LogP contribution in [0.3, 0.4) is 0 Å². The van der Waals surface area contributed by atoms with Crippen molar-refractivity contribution in [3.05, 3.63) is 22.8 Å². The SMILES string of the molecule is CS(=O)(=O)N1CC[C@H](Oc2ncccc2Br)C1. The fourth-order valence-electron chi connectivity index (χ4n) is 1.71. The molecule has 2 rings (SSSR count). The Kier molecular flexibility index (Phi) is 3.70. The summed E-state index contributed by atoms with van der Waals surface area (Å²) in [6.07, 6.45) is 3.42. The van der Waals surface area contributed by atoms with Gasteiger partial charge in [0.15, 0.2) is 0 Å². The first-order valence-corrected chi connectivity index (χ1v) is 7.83. The molecule has 0 radical (unpaired) electrons. The largest absolute Gasteiger partial charge is 0.472 e. The standard InChI is InChI=1S/C10H13BrN2O3S/c1-17(14,15)13-6-4-8(7-13)16-10-9(11)3-2-5-12-10/h2-3,5,8H,4,6-7H2,1H3/t8-/m0/s1. The van der Waals surface area contributed by atoms with E-state index >= 15 is 0 Å². The zero-order valence-electron chi connectivity index (χ0n) is 9.34. The van der Waals surface area contributed by atoms with E-state index in [0.717, 1.165) is 4.47 Å². The second kappa shape index (κ2) is 4.91. The van der Waals surface area contributed by atoms with Crippen LogP contribution in [0.25, 0.3) is 0 Å². The third-order valence-corrected chi connectivity index (χ3v) is 4.45. The van der Waals surface area contributed by atoms with E-state index in [1.54, 1.807) is 12.3 Å². The average Bonchev–Trinajstić information content (AvgIpc) is 2.69. The first-order valence-electron chi connectivity index (χ1n) is 5.19. The molecule has 1 aromatic heterocycles. The fraction of sp³-hybridized carbons (Fsp3) is 0.500. The second-order valence-electron chi connectivity index (χ2n) is 3.94. The lowest BCUT2D eigenvalue weighted by Crippen LogP contribution is -2.30. The molecular formula is C10H13BrN2O3S. The number of sulfonamides is 1. The minimum absolute atomic E-state index is 0.129. The Bertz CT molecular complexity index is 506. The van der Waals surface area contributed by atoms with Crippen LogP contribution in [0.4, 0.5) is 0 Å². The van der Waals surface area contributed by atoms with Crippen LogP contribution >= 0.6 is 15.9 Å². The molecule has 1 aliphatic rings. The van der Waals surface area contributed by atoms with E-state index < -0.39 is 10.0 Å². The first kappa shape index (κ1) is 12.8. The molecule has 5 nitrogen and oxygen atoms in total. The van der Waals surface area contributed by atoms with Crippen LogP contribution in [0.1, 0.15) is 6.42 Å². The summed E-state index contributed by atoms with van der Waals surface area (Å²) in [6, 6.07) is 3.64. The third kappa shape index (κ3) is 3.17. The number of ether oxygens (including phenoxy) is 1. The van der Waals surface area contributed by atoms with E-state index in [1.807, 2.05) is 6.07 Å². The number of hydrogen-bond acceptors (Lipinski definition) is 4. The van der Waals surface area contributed by atoms with Crippen LogP contribution < -0.4 is 4.74 Å². The molecular weight excluding hydrogens is 308 g/mol. The predicted molar refractivity (Wildman–Crippen MR) is 67.4 cm³/mol. The molecule has 0 bridgehead atoms. The molecule has 0 spiro atoms. The van der Waals surface area contributed by atoms with Gasteiger partial charge in [-0.05, 0) is 34.5 Å². The van der Waals surface area contributed by atoms with Gasteiger partial charge in [-0.15, -0.1) is 0 Å². The Morgan fingerprint density at radius 1 is 1.59 bits per heavy atom. The lowest BCUT2D eigenvalue weighted by Gasteiger charge is -2.15. The van der Waals surface area contributed by atoms with Crippen LogP contribution in [0, 0.1) is 0 Å². The van der Waals surface area contributed by atoms with Crippen molar-refractivity contribution >= 4 is 26.0 Å². The molecule has 0 N–H and O–H groups in total. The van der Waals surface area contributed by atoms with Gasteiger partial charge in [0.1, 0.15) is 6.10 Å². The first-order chi connectivity index (χ1) is 7.97. The number of nitrogens with zero attached hydrogens (tertiary/aromatic N) is 2. The minimum atomic E-state index is -3.12. The highest BCUT2D eigenvalue weighted by Gasteiger charge is 2.30. The number of aromatic nitrogens is 1. The van der Waals surface area contributed by atoms with Crippen molar-refractivity contribution in [1.29, 1.82) is 0 Å². The van der Waals surface area contributed by atoms with Crippen molar-refractivity contribution in [1.82, 2.24) is 9.29 Å². The molecule has 0 aliphatic carbocycles. The summed E-state index contributed by atoms with van der Waals surface area (Å²) in [5.41, 5.74) is 0. The van der Waals surface area contributed by atoms with Gasteiger partial charge < -0.3 is 4.74 Å². The van der Waals surface area contributed by atoms with Gasteiger partial charge in [0.25, 0.3) is 0 Å². The molecule has 1 saturated heterocycles. The molecule has 0 saturated carbocycles. The van der Waals surface area contributed by atoms with E-state index in [0.29, 0.717) is 25.4 Å². The topological polar surface area (TPSA) is 59.5 Å². The molecule has 0 aromatic carbocycles. The van der Waals surface area contributed by atoms with Gasteiger partial charge in [0.2, 0.25) is 15.9 Å². The highest BCUT2D eigenvalue weighted by atomic mass is 79.9. The van der Waals surface area contributed by atoms with Crippen molar-refractivity contribution in [3.8, 4) is 5.88 Å². The highest BCUT2D eigenvalue weighted by molar-refractivity contribution is 9.10. The van der Waals surface area contributed by atoms with Gasteiger partial charge in [-0.25, -0.2) is 13.4 Å². The smallest absolute Gasteiger partial charge is 0.228 e. The number of rotatable bonds is 3. The Morgan fingerprint density at radius 2 is 2.35 bits per heavy atom. The van der Waals surface area contributed by atoms with Gasteiger partial charge in [0, 0.05) is 12.7 Å². The van der Waals surface area contributed by atoms with Crippen molar-refractivity contribution in [3.63, 3.8) is 0 Å². The Balaban J connectivity index is 2.02. The van der Waals surface area contributed by atoms with Crippen LogP contribution in [0.5, 0.6) is 5.88 Å². The van der Waals surface area contributed by atoms with E-state index in [2.05, 4.69) is 20.9 Å². The maximum Gasteiger partial charge on any atom is 0.228 e. The van der Waals surface area contributed by atoms with Crippen molar-refractivity contribution in [2.75, 3.05) is 19.3 Å². The summed E-state index contributed by atoms with van der Waals surface area (Å²) in [4.78, 5) is 4.09. The maximum atomic E-state index is 11.3. The number of halogens is 1. The normalized spacial score (nSPS) is 21.6. The van der Waals surface area contributed by atoms with Crippen LogP contribution in [-0.4, -0.2) is 43.2 Å². The average molecular weight is 321 g/mol. The summed E-state index contributed by atoms with van der Waals surface area (Å²) in [7, 11) is -3.12. The molecule has 1 aliphatic heterocycles. The molecule has 17 heavy (non-hydrogen) atoms. The minimum Gasteiger partial charge on any atom is -0.472 e. The summed E-state index contributed by atoms with van der Waals surface area (Å²) >= 11 is 3.34. The predicted octanol–water partition coefficient (Wildman–Crippen LogP) is 1.26. The monoisotopic (exact) mass is 320 g/mol. The van der Waals surface area contributed by atoms with Crippen LogP contribution in [0.15, 0.2) is 22.8 Å². The van der Waals surface area contributed by atoms with Crippen molar-refractivity contribution in [2.24, 2.45) is 0 Å². The van der Waals surface area contributed by atoms with E-state index in [9.17, 15) is 8.42 Å². The molecule has 94 valence electrons. The van der Waals surface area contributed by atoms with Crippen molar-refractivity contribution < 1.29 is 13.2 Å². The van der Waals surface area contributed by atoms with Gasteiger partial charge in [-0.2, -0.15) is 4.31 Å². The lowest BCUT2D eigenvalue weighted by molar-refractivity contribution is 0.205. The zero-order chi connectivity index (χ0) is 12.5. The molecule has 2 heterocycles. The van der Waals surface area contributed by atoms with Gasteiger partial charge in [-0.3, -0.25) is 0 Å². The van der Waals surface area contributed by atoms with Gasteiger partial charge in [-0.1, -0.05) is 0 Å². The molecule has 1 fully saturated rings. The quantitative estimate of drug-likeness (QED) is 0.841. The molecule has 1 atom stereocenters. The van der Waals surface area contributed by atoms with E-state index in [1.165, 1.54) is 10.6 Å². The van der Waals surface area contributed by atoms with Crippen molar-refractivity contribution in [2.45, 2.75) is 12.5 Å². The summed E-state index contributed by atoms with van der Waals surface area (Å²) in [6.45, 7) is 0.899.